The summed E-state index contributed by atoms with van der Waals surface area (Å²) in [5, 5.41) is 3.08. The first-order valence-electron chi connectivity index (χ1n) is 11.2. The molecule has 5 heteroatoms. The maximum absolute atomic E-state index is 13.4. The van der Waals surface area contributed by atoms with E-state index in [0.717, 1.165) is 38.0 Å². The van der Waals surface area contributed by atoms with Crippen molar-refractivity contribution in [3.05, 3.63) is 96.1 Å². The molecule has 0 bridgehead atoms. The highest BCUT2D eigenvalue weighted by molar-refractivity contribution is 5.91. The molecule has 1 aliphatic rings. The van der Waals surface area contributed by atoms with Crippen molar-refractivity contribution >= 4 is 11.7 Å². The Balaban J connectivity index is 1.45. The van der Waals surface area contributed by atoms with E-state index in [4.69, 9.17) is 4.74 Å². The van der Waals surface area contributed by atoms with E-state index in [1.54, 1.807) is 7.11 Å². The van der Waals surface area contributed by atoms with Crippen LogP contribution in [0.4, 0.5) is 10.5 Å². The van der Waals surface area contributed by atoms with E-state index in [2.05, 4.69) is 52.7 Å². The van der Waals surface area contributed by atoms with Gasteiger partial charge in [0.25, 0.3) is 0 Å². The number of para-hydroxylation sites is 2. The van der Waals surface area contributed by atoms with Gasteiger partial charge in [-0.1, -0.05) is 72.8 Å². The van der Waals surface area contributed by atoms with Crippen LogP contribution >= 0.6 is 0 Å². The van der Waals surface area contributed by atoms with Gasteiger partial charge in [0.2, 0.25) is 0 Å². The summed E-state index contributed by atoms with van der Waals surface area (Å²) in [7, 11) is 1.62. The standard InChI is InChI=1S/C27H31N3O2/c1-32-26-15-9-8-14-25(26)28-27(31)30(21-23-12-6-3-7-13-23)24-16-18-29(19-17-24)20-22-10-4-2-5-11-22/h2-15,24H,16-21H2,1H3,(H,28,31). The minimum absolute atomic E-state index is 0.0835. The Kier molecular flexibility index (Phi) is 7.41. The topological polar surface area (TPSA) is 44.8 Å². The van der Waals surface area contributed by atoms with Crippen LogP contribution in [0.25, 0.3) is 0 Å². The molecule has 1 fully saturated rings. The molecule has 0 atom stereocenters. The van der Waals surface area contributed by atoms with Gasteiger partial charge >= 0.3 is 6.03 Å². The predicted molar refractivity (Wildman–Crippen MR) is 129 cm³/mol. The molecule has 0 radical (unpaired) electrons. The second-order valence-electron chi connectivity index (χ2n) is 8.24. The van der Waals surface area contributed by atoms with E-state index in [1.807, 2.05) is 47.4 Å². The molecule has 3 aromatic carbocycles. The second-order valence-corrected chi connectivity index (χ2v) is 8.24. The van der Waals surface area contributed by atoms with E-state index < -0.39 is 0 Å². The molecule has 5 nitrogen and oxygen atoms in total. The lowest BCUT2D eigenvalue weighted by atomic mass is 10.0. The van der Waals surface area contributed by atoms with Crippen LogP contribution in [-0.2, 0) is 13.1 Å². The number of amides is 2. The van der Waals surface area contributed by atoms with E-state index in [9.17, 15) is 4.79 Å². The number of hydrogen-bond acceptors (Lipinski definition) is 3. The van der Waals surface area contributed by atoms with Crippen molar-refractivity contribution in [2.24, 2.45) is 0 Å². The molecule has 1 heterocycles. The van der Waals surface area contributed by atoms with Crippen molar-refractivity contribution in [1.82, 2.24) is 9.80 Å². The lowest BCUT2D eigenvalue weighted by Crippen LogP contribution is -2.48. The van der Waals surface area contributed by atoms with Crippen LogP contribution in [0.5, 0.6) is 5.75 Å². The summed E-state index contributed by atoms with van der Waals surface area (Å²) in [6.45, 7) is 3.50. The fourth-order valence-corrected chi connectivity index (χ4v) is 4.31. The summed E-state index contributed by atoms with van der Waals surface area (Å²) in [4.78, 5) is 17.9. The van der Waals surface area contributed by atoms with Gasteiger partial charge in [0.05, 0.1) is 12.8 Å². The zero-order valence-corrected chi connectivity index (χ0v) is 18.6. The number of carbonyl (C=O) groups excluding carboxylic acids is 1. The Labute approximate surface area is 190 Å². The summed E-state index contributed by atoms with van der Waals surface area (Å²) in [6.07, 6.45) is 1.91. The molecule has 0 aromatic heterocycles. The van der Waals surface area contributed by atoms with Crippen LogP contribution in [0, 0.1) is 0 Å². The Bertz CT molecular complexity index is 986. The van der Waals surface area contributed by atoms with Crippen LogP contribution < -0.4 is 10.1 Å². The van der Waals surface area contributed by atoms with Gasteiger partial charge in [-0.15, -0.1) is 0 Å². The predicted octanol–water partition coefficient (Wildman–Crippen LogP) is 5.39. The van der Waals surface area contributed by atoms with Gasteiger partial charge in [-0.3, -0.25) is 4.90 Å². The Morgan fingerprint density at radius 3 is 2.16 bits per heavy atom. The number of hydrogen-bond donors (Lipinski definition) is 1. The third-order valence-corrected chi connectivity index (χ3v) is 6.05. The first-order chi connectivity index (χ1) is 15.7. The number of likely N-dealkylation sites (tertiary alicyclic amines) is 1. The summed E-state index contributed by atoms with van der Waals surface area (Å²) in [5.41, 5.74) is 3.16. The van der Waals surface area contributed by atoms with Gasteiger partial charge < -0.3 is 15.0 Å². The van der Waals surface area contributed by atoms with Gasteiger partial charge in [0.1, 0.15) is 5.75 Å². The van der Waals surface area contributed by atoms with Crippen molar-refractivity contribution in [2.75, 3.05) is 25.5 Å². The molecule has 3 aromatic rings. The number of anilines is 1. The van der Waals surface area contributed by atoms with Gasteiger partial charge in [-0.2, -0.15) is 0 Å². The number of carbonyl (C=O) groups is 1. The largest absolute Gasteiger partial charge is 0.495 e. The fourth-order valence-electron chi connectivity index (χ4n) is 4.31. The lowest BCUT2D eigenvalue weighted by Gasteiger charge is -2.38. The maximum Gasteiger partial charge on any atom is 0.322 e. The zero-order chi connectivity index (χ0) is 22.2. The third kappa shape index (κ3) is 5.68. The molecule has 4 rings (SSSR count). The molecule has 1 aliphatic heterocycles. The maximum atomic E-state index is 13.4. The number of rotatable bonds is 7. The van der Waals surface area contributed by atoms with Crippen molar-refractivity contribution in [3.8, 4) is 5.75 Å². The Morgan fingerprint density at radius 1 is 0.906 bits per heavy atom. The van der Waals surface area contributed by atoms with Crippen LogP contribution in [0.1, 0.15) is 24.0 Å². The number of urea groups is 1. The zero-order valence-electron chi connectivity index (χ0n) is 18.6. The number of methoxy groups -OCH3 is 1. The van der Waals surface area contributed by atoms with Crippen molar-refractivity contribution in [3.63, 3.8) is 0 Å². The molecular weight excluding hydrogens is 398 g/mol. The SMILES string of the molecule is COc1ccccc1NC(=O)N(Cc1ccccc1)C1CCN(Cc2ccccc2)CC1. The number of benzene rings is 3. The highest BCUT2D eigenvalue weighted by Gasteiger charge is 2.28. The summed E-state index contributed by atoms with van der Waals surface area (Å²) >= 11 is 0. The summed E-state index contributed by atoms with van der Waals surface area (Å²) in [5.74, 6) is 0.665. The number of nitrogens with zero attached hydrogens (tertiary/aromatic N) is 2. The molecule has 2 amide bonds. The average Bonchev–Trinajstić information content (AvgIpc) is 2.85. The molecule has 1 saturated heterocycles. The molecular formula is C27H31N3O2. The molecule has 0 aliphatic carbocycles. The van der Waals surface area contributed by atoms with Crippen molar-refractivity contribution in [1.29, 1.82) is 0 Å². The first kappa shape index (κ1) is 21.9. The minimum atomic E-state index is -0.0835. The first-order valence-corrected chi connectivity index (χ1v) is 11.2. The van der Waals surface area contributed by atoms with Crippen LogP contribution in [0.15, 0.2) is 84.9 Å². The Morgan fingerprint density at radius 2 is 1.50 bits per heavy atom. The van der Waals surface area contributed by atoms with Gasteiger partial charge in [0, 0.05) is 32.2 Å². The van der Waals surface area contributed by atoms with Crippen LogP contribution in [0.3, 0.4) is 0 Å². The smallest absolute Gasteiger partial charge is 0.322 e. The Hall–Kier alpha value is -3.31. The molecule has 0 saturated carbocycles. The van der Waals surface area contributed by atoms with Crippen LogP contribution in [0.2, 0.25) is 0 Å². The van der Waals surface area contributed by atoms with Gasteiger partial charge in [0.15, 0.2) is 0 Å². The van der Waals surface area contributed by atoms with E-state index in [-0.39, 0.29) is 12.1 Å². The lowest BCUT2D eigenvalue weighted by molar-refractivity contribution is 0.120. The molecule has 166 valence electrons. The van der Waals surface area contributed by atoms with Gasteiger partial charge in [-0.25, -0.2) is 4.79 Å². The molecule has 0 unspecified atom stereocenters. The minimum Gasteiger partial charge on any atom is -0.495 e. The normalized spacial score (nSPS) is 14.7. The molecule has 32 heavy (non-hydrogen) atoms. The third-order valence-electron chi connectivity index (χ3n) is 6.05. The molecule has 0 spiro atoms. The van der Waals surface area contributed by atoms with E-state index in [1.165, 1.54) is 5.56 Å². The second kappa shape index (κ2) is 10.8. The van der Waals surface area contributed by atoms with Crippen LogP contribution in [-0.4, -0.2) is 42.1 Å². The highest BCUT2D eigenvalue weighted by Crippen LogP contribution is 2.26. The van der Waals surface area contributed by atoms with Crippen molar-refractivity contribution < 1.29 is 9.53 Å². The van der Waals surface area contributed by atoms with E-state index in [0.29, 0.717) is 18.0 Å². The fraction of sp³-hybridized carbons (Fsp3) is 0.296. The number of piperidine rings is 1. The number of ether oxygens (including phenoxy) is 1. The average molecular weight is 430 g/mol. The monoisotopic (exact) mass is 429 g/mol. The summed E-state index contributed by atoms with van der Waals surface area (Å²) in [6, 6.07) is 28.4. The van der Waals surface area contributed by atoms with Gasteiger partial charge in [-0.05, 0) is 36.1 Å². The van der Waals surface area contributed by atoms with E-state index >= 15 is 0 Å². The number of nitrogens with one attached hydrogen (secondary N) is 1. The quantitative estimate of drug-likeness (QED) is 0.547. The highest BCUT2D eigenvalue weighted by atomic mass is 16.5. The molecule has 1 N–H and O–H groups in total. The van der Waals surface area contributed by atoms with Crippen molar-refractivity contribution in [2.45, 2.75) is 32.0 Å². The summed E-state index contributed by atoms with van der Waals surface area (Å²) < 4.78 is 5.42.